The maximum absolute atomic E-state index is 13.5. The number of nitrogens with zero attached hydrogens (tertiary/aromatic N) is 3. The minimum Gasteiger partial charge on any atom is -0.403 e. The van der Waals surface area contributed by atoms with Gasteiger partial charge >= 0.3 is 6.01 Å². The summed E-state index contributed by atoms with van der Waals surface area (Å²) in [7, 11) is -3.32. The normalized spacial score (nSPS) is 16.6. The summed E-state index contributed by atoms with van der Waals surface area (Å²) < 4.78 is 31.7. The second kappa shape index (κ2) is 9.01. The molecule has 32 heavy (non-hydrogen) atoms. The van der Waals surface area contributed by atoms with Crippen LogP contribution in [0, 0.1) is 0 Å². The number of halogens is 1. The summed E-state index contributed by atoms with van der Waals surface area (Å²) in [5.74, 6) is -0.00867. The summed E-state index contributed by atoms with van der Waals surface area (Å²) in [5.41, 5.74) is 0.595. The molecule has 0 atom stereocenters. The van der Waals surface area contributed by atoms with E-state index in [9.17, 15) is 13.2 Å². The number of benzene rings is 2. The molecule has 0 bridgehead atoms. The van der Waals surface area contributed by atoms with E-state index in [4.69, 9.17) is 16.0 Å². The van der Waals surface area contributed by atoms with Crippen molar-refractivity contribution >= 4 is 33.5 Å². The number of hydrogen-bond acceptors (Lipinski definition) is 6. The van der Waals surface area contributed by atoms with Crippen LogP contribution in [0.25, 0.3) is 11.5 Å². The highest BCUT2D eigenvalue weighted by Gasteiger charge is 2.45. The minimum absolute atomic E-state index is 0.0149. The van der Waals surface area contributed by atoms with Gasteiger partial charge in [-0.2, -0.15) is 0 Å². The lowest BCUT2D eigenvalue weighted by molar-refractivity contribution is -0.123. The number of nitrogens with one attached hydrogen (secondary N) is 1. The van der Waals surface area contributed by atoms with Crippen LogP contribution in [0.15, 0.2) is 59.0 Å². The molecule has 0 spiro atoms. The summed E-state index contributed by atoms with van der Waals surface area (Å²) >= 11 is 5.92. The van der Waals surface area contributed by atoms with E-state index >= 15 is 0 Å². The molecule has 3 aromatic rings. The lowest BCUT2D eigenvalue weighted by Gasteiger charge is -2.40. The highest BCUT2D eigenvalue weighted by atomic mass is 35.5. The third-order valence-corrected chi connectivity index (χ3v) is 7.97. The summed E-state index contributed by atoms with van der Waals surface area (Å²) in [4.78, 5) is 13.5. The maximum atomic E-state index is 13.5. The Bertz CT molecular complexity index is 1190. The predicted molar refractivity (Wildman–Crippen MR) is 122 cm³/mol. The Morgan fingerprint density at radius 2 is 1.75 bits per heavy atom. The van der Waals surface area contributed by atoms with Gasteiger partial charge in [-0.15, -0.1) is 5.10 Å². The van der Waals surface area contributed by atoms with Crippen molar-refractivity contribution in [2.24, 2.45) is 0 Å². The molecule has 1 fully saturated rings. The maximum Gasteiger partial charge on any atom is 0.322 e. The number of anilines is 1. The number of aromatic nitrogens is 2. The zero-order chi connectivity index (χ0) is 22.8. The zero-order valence-electron chi connectivity index (χ0n) is 17.5. The number of amides is 1. The fraction of sp³-hybridized carbons (Fsp3) is 0.318. The topological polar surface area (TPSA) is 105 Å². The third-order valence-electron chi connectivity index (χ3n) is 5.83. The molecule has 0 saturated carbocycles. The van der Waals surface area contributed by atoms with Crippen LogP contribution in [0.1, 0.15) is 25.3 Å². The van der Waals surface area contributed by atoms with Crippen LogP contribution in [0.3, 0.4) is 0 Å². The molecule has 10 heteroatoms. The zero-order valence-corrected chi connectivity index (χ0v) is 19.1. The fourth-order valence-electron chi connectivity index (χ4n) is 3.93. The first-order valence-electron chi connectivity index (χ1n) is 10.3. The molecule has 1 aliphatic heterocycles. The van der Waals surface area contributed by atoms with Crippen molar-refractivity contribution < 1.29 is 17.6 Å². The Morgan fingerprint density at radius 1 is 1.09 bits per heavy atom. The third kappa shape index (κ3) is 4.41. The van der Waals surface area contributed by atoms with Crippen molar-refractivity contribution in [3.63, 3.8) is 0 Å². The van der Waals surface area contributed by atoms with Crippen molar-refractivity contribution in [1.29, 1.82) is 0 Å². The Labute approximate surface area is 191 Å². The number of piperidine rings is 1. The van der Waals surface area contributed by atoms with E-state index < -0.39 is 15.4 Å². The van der Waals surface area contributed by atoms with Gasteiger partial charge in [0.1, 0.15) is 0 Å². The molecule has 8 nitrogen and oxygen atoms in total. The highest BCUT2D eigenvalue weighted by molar-refractivity contribution is 7.89. The van der Waals surface area contributed by atoms with E-state index in [0.29, 0.717) is 23.4 Å². The summed E-state index contributed by atoms with van der Waals surface area (Å²) in [6.45, 7) is 2.14. The quantitative estimate of drug-likeness (QED) is 0.583. The minimum atomic E-state index is -3.32. The van der Waals surface area contributed by atoms with Gasteiger partial charge in [0.2, 0.25) is 21.8 Å². The molecule has 1 aliphatic rings. The molecular formula is C22H23ClN4O4S. The first-order chi connectivity index (χ1) is 15.3. The molecule has 0 unspecified atom stereocenters. The molecule has 0 aliphatic carbocycles. The van der Waals surface area contributed by atoms with Gasteiger partial charge in [0, 0.05) is 23.7 Å². The van der Waals surface area contributed by atoms with Crippen LogP contribution < -0.4 is 5.32 Å². The fourth-order valence-corrected chi connectivity index (χ4v) is 5.16. The molecule has 4 rings (SSSR count). The Balaban J connectivity index is 1.58. The van der Waals surface area contributed by atoms with Crippen LogP contribution in [0.4, 0.5) is 6.01 Å². The van der Waals surface area contributed by atoms with Gasteiger partial charge in [-0.05, 0) is 49.6 Å². The van der Waals surface area contributed by atoms with Gasteiger partial charge in [-0.3, -0.25) is 10.1 Å². The molecule has 168 valence electrons. The van der Waals surface area contributed by atoms with Crippen molar-refractivity contribution in [2.45, 2.75) is 25.2 Å². The summed E-state index contributed by atoms with van der Waals surface area (Å²) in [5, 5.41) is 11.3. The summed E-state index contributed by atoms with van der Waals surface area (Å²) in [6, 6.07) is 16.3. The number of rotatable bonds is 6. The van der Waals surface area contributed by atoms with Gasteiger partial charge in [-0.1, -0.05) is 47.0 Å². The predicted octanol–water partition coefficient (Wildman–Crippen LogP) is 3.71. The Morgan fingerprint density at radius 3 is 2.38 bits per heavy atom. The number of carbonyl (C=O) groups is 1. The number of sulfonamides is 1. The molecule has 2 aromatic carbocycles. The van der Waals surface area contributed by atoms with Gasteiger partial charge in [-0.25, -0.2) is 12.7 Å². The molecular weight excluding hydrogens is 452 g/mol. The molecule has 0 radical (unpaired) electrons. The van der Waals surface area contributed by atoms with Crippen LogP contribution in [-0.4, -0.2) is 47.7 Å². The van der Waals surface area contributed by atoms with Crippen LogP contribution in [0.2, 0.25) is 5.02 Å². The lowest BCUT2D eigenvalue weighted by Crippen LogP contribution is -2.51. The molecule has 2 heterocycles. The molecule has 1 aromatic heterocycles. The van der Waals surface area contributed by atoms with Crippen molar-refractivity contribution in [3.05, 3.63) is 65.2 Å². The Hall–Kier alpha value is -2.75. The molecule has 1 amide bonds. The van der Waals surface area contributed by atoms with E-state index in [1.807, 2.05) is 30.3 Å². The lowest BCUT2D eigenvalue weighted by atomic mass is 9.72. The van der Waals surface area contributed by atoms with Gasteiger partial charge < -0.3 is 4.42 Å². The largest absolute Gasteiger partial charge is 0.403 e. The van der Waals surface area contributed by atoms with Gasteiger partial charge in [0.25, 0.3) is 0 Å². The van der Waals surface area contributed by atoms with Crippen LogP contribution in [-0.2, 0) is 20.2 Å². The van der Waals surface area contributed by atoms with Crippen molar-refractivity contribution in [1.82, 2.24) is 14.5 Å². The first kappa shape index (κ1) is 22.4. The second-order valence-electron chi connectivity index (χ2n) is 7.62. The standard InChI is InChI=1S/C22H23ClN4O4S/c1-2-32(29,30)27-14-12-22(13-15-27,17-6-4-3-5-7-17)20(28)24-21-26-25-19(31-21)16-8-10-18(23)11-9-16/h3-11H,2,12-15H2,1H3,(H,24,26,28). The molecule has 1 N–H and O–H groups in total. The van der Waals surface area contributed by atoms with Crippen LogP contribution >= 0.6 is 11.6 Å². The summed E-state index contributed by atoms with van der Waals surface area (Å²) in [6.07, 6.45) is 0.695. The van der Waals surface area contributed by atoms with Crippen LogP contribution in [0.5, 0.6) is 0 Å². The highest BCUT2D eigenvalue weighted by Crippen LogP contribution is 2.37. The SMILES string of the molecule is CCS(=O)(=O)N1CCC(C(=O)Nc2nnc(-c3ccc(Cl)cc3)o2)(c2ccccc2)CC1. The van der Waals surface area contributed by atoms with E-state index in [0.717, 1.165) is 5.56 Å². The second-order valence-corrected chi connectivity index (χ2v) is 10.3. The first-order valence-corrected chi connectivity index (χ1v) is 12.3. The van der Waals surface area contributed by atoms with E-state index in [2.05, 4.69) is 15.5 Å². The average Bonchev–Trinajstić information content (AvgIpc) is 3.28. The van der Waals surface area contributed by atoms with E-state index in [-0.39, 0.29) is 36.7 Å². The van der Waals surface area contributed by atoms with E-state index in [1.165, 1.54) is 4.31 Å². The average molecular weight is 475 g/mol. The number of hydrogen-bond donors (Lipinski definition) is 1. The van der Waals surface area contributed by atoms with Gasteiger partial charge in [0.05, 0.1) is 11.2 Å². The Kier molecular flexibility index (Phi) is 6.32. The smallest absolute Gasteiger partial charge is 0.322 e. The van der Waals surface area contributed by atoms with Crippen molar-refractivity contribution in [2.75, 3.05) is 24.2 Å². The van der Waals surface area contributed by atoms with Gasteiger partial charge in [0.15, 0.2) is 0 Å². The monoisotopic (exact) mass is 474 g/mol. The molecule has 1 saturated heterocycles. The number of carbonyl (C=O) groups excluding carboxylic acids is 1. The van der Waals surface area contributed by atoms with E-state index in [1.54, 1.807) is 31.2 Å². The van der Waals surface area contributed by atoms with Crippen molar-refractivity contribution in [3.8, 4) is 11.5 Å².